The van der Waals surface area contributed by atoms with E-state index >= 15 is 0 Å². The number of hydrogen-bond donors (Lipinski definition) is 0. The summed E-state index contributed by atoms with van der Waals surface area (Å²) in [5.41, 5.74) is 2.59. The monoisotopic (exact) mass is 214 g/mol. The lowest BCUT2D eigenvalue weighted by Crippen LogP contribution is -1.75. The molecule has 0 aliphatic carbocycles. The van der Waals surface area contributed by atoms with Gasteiger partial charge >= 0.3 is 0 Å². The zero-order chi connectivity index (χ0) is 8.85. The molecule has 1 aromatic carbocycles. The van der Waals surface area contributed by atoms with Crippen LogP contribution in [0.1, 0.15) is 11.1 Å². The van der Waals surface area contributed by atoms with E-state index in [1.165, 1.54) is 15.6 Å². The van der Waals surface area contributed by atoms with E-state index in [1.807, 2.05) is 6.79 Å². The Kier molecular flexibility index (Phi) is 4.79. The van der Waals surface area contributed by atoms with Crippen LogP contribution in [0.4, 0.5) is 0 Å². The molecule has 2 heteroatoms. The molecule has 11 heavy (non-hydrogen) atoms. The van der Waals surface area contributed by atoms with Gasteiger partial charge in [0.2, 0.25) is 0 Å². The van der Waals surface area contributed by atoms with E-state index < -0.39 is 0 Å². The van der Waals surface area contributed by atoms with Crippen LogP contribution in [0.3, 0.4) is 0 Å². The third-order valence-electron chi connectivity index (χ3n) is 1.33. The summed E-state index contributed by atoms with van der Waals surface area (Å²) in [5, 5.41) is 0. The fourth-order valence-corrected chi connectivity index (χ4v) is 1.19. The fraction of sp³-hybridized carbons (Fsp3) is 0.222. The molecule has 60 valence electrons. The van der Waals surface area contributed by atoms with Crippen molar-refractivity contribution in [1.29, 1.82) is 0 Å². The molecule has 1 rings (SSSR count). The summed E-state index contributed by atoms with van der Waals surface area (Å²) in [5.74, 6) is 0. The summed E-state index contributed by atoms with van der Waals surface area (Å²) in [6.45, 7) is 6.17. The first-order valence-electron chi connectivity index (χ1n) is 3.22. The second-order valence-corrected chi connectivity index (χ2v) is 3.11. The molecule has 0 fully saturated rings. The number of carbonyl (C=O) groups excluding carboxylic acids is 1. The maximum absolute atomic E-state index is 8.00. The van der Waals surface area contributed by atoms with E-state index in [0.717, 1.165) is 0 Å². The summed E-state index contributed by atoms with van der Waals surface area (Å²) in [6.07, 6.45) is 0. The predicted molar refractivity (Wildman–Crippen MR) is 50.7 cm³/mol. The Morgan fingerprint density at radius 2 is 1.82 bits per heavy atom. The average Bonchev–Trinajstić information content (AvgIpc) is 2.02. The van der Waals surface area contributed by atoms with E-state index in [4.69, 9.17) is 4.79 Å². The molecule has 0 atom stereocenters. The van der Waals surface area contributed by atoms with Crippen molar-refractivity contribution in [3.05, 3.63) is 33.8 Å². The maximum atomic E-state index is 8.00. The van der Waals surface area contributed by atoms with Crippen LogP contribution >= 0.6 is 15.9 Å². The Morgan fingerprint density at radius 1 is 1.27 bits per heavy atom. The predicted octanol–water partition coefficient (Wildman–Crippen LogP) is 2.88. The Balaban J connectivity index is 0.000000461. The Hall–Kier alpha value is -0.630. The normalized spacial score (nSPS) is 8.27. The second kappa shape index (κ2) is 5.08. The van der Waals surface area contributed by atoms with Crippen molar-refractivity contribution in [3.63, 3.8) is 0 Å². The molecular formula is C9H11BrO. The third-order valence-corrected chi connectivity index (χ3v) is 2.18. The van der Waals surface area contributed by atoms with E-state index in [-0.39, 0.29) is 0 Å². The average molecular weight is 215 g/mol. The Bertz CT molecular complexity index is 233. The number of halogens is 1. The Labute approximate surface area is 75.6 Å². The molecule has 0 aliphatic heterocycles. The molecule has 0 amide bonds. The van der Waals surface area contributed by atoms with Gasteiger partial charge in [-0.05, 0) is 31.0 Å². The van der Waals surface area contributed by atoms with Crippen LogP contribution in [0.5, 0.6) is 0 Å². The van der Waals surface area contributed by atoms with Gasteiger partial charge in [0, 0.05) is 4.47 Å². The van der Waals surface area contributed by atoms with Gasteiger partial charge in [-0.25, -0.2) is 0 Å². The zero-order valence-corrected chi connectivity index (χ0v) is 8.31. The SMILES string of the molecule is C=O.Cc1ccc(C)c(Br)c1. The van der Waals surface area contributed by atoms with Crippen LogP contribution in [-0.4, -0.2) is 6.79 Å². The van der Waals surface area contributed by atoms with Crippen LogP contribution < -0.4 is 0 Å². The summed E-state index contributed by atoms with van der Waals surface area (Å²) < 4.78 is 1.20. The number of benzene rings is 1. The molecule has 0 radical (unpaired) electrons. The van der Waals surface area contributed by atoms with Crippen LogP contribution in [-0.2, 0) is 4.79 Å². The third kappa shape index (κ3) is 3.33. The van der Waals surface area contributed by atoms with Crippen LogP contribution in [0.25, 0.3) is 0 Å². The molecule has 0 bridgehead atoms. The van der Waals surface area contributed by atoms with Gasteiger partial charge in [0.1, 0.15) is 6.79 Å². The molecule has 0 heterocycles. The first-order chi connectivity index (χ1) is 5.20. The van der Waals surface area contributed by atoms with E-state index in [1.54, 1.807) is 0 Å². The molecule has 0 spiro atoms. The van der Waals surface area contributed by atoms with Gasteiger partial charge in [0.25, 0.3) is 0 Å². The van der Waals surface area contributed by atoms with Crippen molar-refractivity contribution < 1.29 is 4.79 Å². The lowest BCUT2D eigenvalue weighted by Gasteiger charge is -1.96. The van der Waals surface area contributed by atoms with Crippen LogP contribution in [0, 0.1) is 13.8 Å². The fourth-order valence-electron chi connectivity index (χ4n) is 0.698. The summed E-state index contributed by atoms with van der Waals surface area (Å²) in [6, 6.07) is 6.34. The molecule has 0 aromatic heterocycles. The number of aryl methyl sites for hydroxylation is 2. The van der Waals surface area contributed by atoms with Crippen molar-refractivity contribution in [2.75, 3.05) is 0 Å². The topological polar surface area (TPSA) is 17.1 Å². The first kappa shape index (κ1) is 10.4. The standard InChI is InChI=1S/C8H9Br.CH2O/c1-6-3-4-7(2)8(9)5-6;1-2/h3-5H,1-2H3;1H2. The largest absolute Gasteiger partial charge is 0.307 e. The summed E-state index contributed by atoms with van der Waals surface area (Å²) >= 11 is 3.45. The van der Waals surface area contributed by atoms with E-state index in [0.29, 0.717) is 0 Å². The molecule has 0 N–H and O–H groups in total. The highest BCUT2D eigenvalue weighted by Crippen LogP contribution is 2.16. The Morgan fingerprint density at radius 3 is 2.18 bits per heavy atom. The summed E-state index contributed by atoms with van der Waals surface area (Å²) in [7, 11) is 0. The number of hydrogen-bond acceptors (Lipinski definition) is 1. The minimum atomic E-state index is 1.20. The van der Waals surface area contributed by atoms with Crippen molar-refractivity contribution in [1.82, 2.24) is 0 Å². The van der Waals surface area contributed by atoms with Crippen molar-refractivity contribution in [2.24, 2.45) is 0 Å². The van der Waals surface area contributed by atoms with Gasteiger partial charge in [0.05, 0.1) is 0 Å². The van der Waals surface area contributed by atoms with E-state index in [2.05, 4.69) is 48.0 Å². The lowest BCUT2D eigenvalue weighted by atomic mass is 10.2. The van der Waals surface area contributed by atoms with Crippen molar-refractivity contribution >= 4 is 22.7 Å². The highest BCUT2D eigenvalue weighted by atomic mass is 79.9. The molecule has 0 saturated carbocycles. The smallest absolute Gasteiger partial charge is 0.106 e. The molecule has 0 unspecified atom stereocenters. The highest BCUT2D eigenvalue weighted by Gasteiger charge is 1.90. The maximum Gasteiger partial charge on any atom is 0.106 e. The summed E-state index contributed by atoms with van der Waals surface area (Å²) in [4.78, 5) is 8.00. The van der Waals surface area contributed by atoms with Gasteiger partial charge < -0.3 is 4.79 Å². The number of rotatable bonds is 0. The lowest BCUT2D eigenvalue weighted by molar-refractivity contribution is -0.0979. The van der Waals surface area contributed by atoms with Gasteiger partial charge in [-0.3, -0.25) is 0 Å². The van der Waals surface area contributed by atoms with Crippen LogP contribution in [0.15, 0.2) is 22.7 Å². The van der Waals surface area contributed by atoms with Gasteiger partial charge in [-0.2, -0.15) is 0 Å². The molecular weight excluding hydrogens is 204 g/mol. The van der Waals surface area contributed by atoms with Crippen molar-refractivity contribution in [3.8, 4) is 0 Å². The zero-order valence-electron chi connectivity index (χ0n) is 6.73. The first-order valence-corrected chi connectivity index (χ1v) is 4.01. The van der Waals surface area contributed by atoms with Crippen molar-refractivity contribution in [2.45, 2.75) is 13.8 Å². The van der Waals surface area contributed by atoms with Gasteiger partial charge in [-0.15, -0.1) is 0 Å². The minimum absolute atomic E-state index is 1.20. The van der Waals surface area contributed by atoms with E-state index in [9.17, 15) is 0 Å². The highest BCUT2D eigenvalue weighted by molar-refractivity contribution is 9.10. The van der Waals surface area contributed by atoms with Crippen LogP contribution in [0.2, 0.25) is 0 Å². The van der Waals surface area contributed by atoms with Gasteiger partial charge in [-0.1, -0.05) is 28.1 Å². The number of carbonyl (C=O) groups is 1. The van der Waals surface area contributed by atoms with Gasteiger partial charge in [0.15, 0.2) is 0 Å². The molecule has 0 aliphatic rings. The quantitative estimate of drug-likeness (QED) is 0.650. The molecule has 1 nitrogen and oxygen atoms in total. The molecule has 1 aromatic rings. The second-order valence-electron chi connectivity index (χ2n) is 2.25. The minimum Gasteiger partial charge on any atom is -0.307 e. The molecule has 0 saturated heterocycles.